The topological polar surface area (TPSA) is 143 Å². The van der Waals surface area contributed by atoms with E-state index in [0.717, 1.165) is 67.3 Å². The van der Waals surface area contributed by atoms with E-state index in [1.54, 1.807) is 50.2 Å². The largest absolute Gasteiger partial charge is 0.496 e. The van der Waals surface area contributed by atoms with Crippen LogP contribution in [0.2, 0.25) is 0 Å². The molecule has 52 heavy (non-hydrogen) atoms. The summed E-state index contributed by atoms with van der Waals surface area (Å²) in [6.07, 6.45) is 6.08. The number of aryl methyl sites for hydroxylation is 1. The Bertz CT molecular complexity index is 1850. The minimum atomic E-state index is -4.44. The van der Waals surface area contributed by atoms with Gasteiger partial charge in [0.1, 0.15) is 5.75 Å². The van der Waals surface area contributed by atoms with Gasteiger partial charge in [-0.2, -0.15) is 5.01 Å². The van der Waals surface area contributed by atoms with Crippen LogP contribution in [-0.4, -0.2) is 93.6 Å². The number of nitrogens with zero attached hydrogens (tertiary/aromatic N) is 3. The van der Waals surface area contributed by atoms with Crippen molar-refractivity contribution < 1.29 is 27.6 Å². The van der Waals surface area contributed by atoms with E-state index in [0.29, 0.717) is 17.9 Å². The second-order valence-corrected chi connectivity index (χ2v) is 15.5. The van der Waals surface area contributed by atoms with E-state index in [1.807, 2.05) is 49.4 Å². The number of hydrogen-bond acceptors (Lipinski definition) is 11. The number of methoxy groups -OCH3 is 1. The highest BCUT2D eigenvalue weighted by atomic mass is 32.2. The molecule has 2 atom stereocenters. The van der Waals surface area contributed by atoms with E-state index in [1.165, 1.54) is 23.2 Å². The summed E-state index contributed by atoms with van der Waals surface area (Å²) in [5.41, 5.74) is 4.00. The molecule has 12 nitrogen and oxygen atoms in total. The summed E-state index contributed by atoms with van der Waals surface area (Å²) in [7, 11) is -1.23. The van der Waals surface area contributed by atoms with Crippen molar-refractivity contribution in [3.05, 3.63) is 117 Å². The fraction of sp³-hybridized carbons (Fsp3) is 0.395. The number of carbonyl (C=O) groups is 1. The number of carbonyl (C=O) groups excluding carboxylic acids is 1. The van der Waals surface area contributed by atoms with Crippen molar-refractivity contribution in [2.75, 3.05) is 52.8 Å². The van der Waals surface area contributed by atoms with Gasteiger partial charge in [0.25, 0.3) is 15.9 Å². The molecule has 2 aliphatic rings. The lowest BCUT2D eigenvalue weighted by molar-refractivity contribution is -0.591. The smallest absolute Gasteiger partial charge is 0.313 e. The van der Waals surface area contributed by atoms with Crippen LogP contribution in [0.1, 0.15) is 42.1 Å². The maximum Gasteiger partial charge on any atom is 0.313 e. The zero-order valence-electron chi connectivity index (χ0n) is 29.8. The molecule has 1 heterocycles. The van der Waals surface area contributed by atoms with Crippen molar-refractivity contribution in [1.29, 1.82) is 0 Å². The highest BCUT2D eigenvalue weighted by Gasteiger charge is 2.52. The number of nitro groups is 1. The predicted octanol–water partition coefficient (Wildman–Crippen LogP) is 5.51. The summed E-state index contributed by atoms with van der Waals surface area (Å²) in [6.45, 7) is 6.43. The number of hydrazine groups is 1. The quantitative estimate of drug-likeness (QED) is 0.0781. The Morgan fingerprint density at radius 1 is 1.12 bits per heavy atom. The van der Waals surface area contributed by atoms with Crippen LogP contribution in [0, 0.1) is 10.1 Å². The zero-order valence-corrected chi connectivity index (χ0v) is 31.5. The van der Waals surface area contributed by atoms with Crippen molar-refractivity contribution in [3.8, 4) is 16.9 Å². The van der Waals surface area contributed by atoms with Crippen LogP contribution < -0.4 is 14.9 Å². The van der Waals surface area contributed by atoms with Gasteiger partial charge in [0, 0.05) is 51.9 Å². The maximum atomic E-state index is 13.6. The van der Waals surface area contributed by atoms with E-state index in [4.69, 9.17) is 9.47 Å². The molecule has 0 radical (unpaired) electrons. The van der Waals surface area contributed by atoms with Gasteiger partial charge in [-0.3, -0.25) is 25.2 Å². The first-order chi connectivity index (χ1) is 25.1. The summed E-state index contributed by atoms with van der Waals surface area (Å²) in [6, 6.07) is 22.1. The minimum Gasteiger partial charge on any atom is -0.496 e. The van der Waals surface area contributed by atoms with Gasteiger partial charge in [0.2, 0.25) is 0 Å². The number of morpholine rings is 1. The Morgan fingerprint density at radius 2 is 1.85 bits per heavy atom. The van der Waals surface area contributed by atoms with Crippen LogP contribution in [0.5, 0.6) is 5.75 Å². The van der Waals surface area contributed by atoms with Gasteiger partial charge in [0.15, 0.2) is 0 Å². The minimum absolute atomic E-state index is 0.124. The van der Waals surface area contributed by atoms with Crippen LogP contribution in [0.3, 0.4) is 0 Å². The molecule has 1 aliphatic heterocycles. The monoisotopic (exact) mass is 749 g/mol. The molecule has 0 bridgehead atoms. The number of thioether (sulfide) groups is 1. The van der Waals surface area contributed by atoms with Gasteiger partial charge in [-0.25, -0.2) is 13.1 Å². The van der Waals surface area contributed by atoms with E-state index in [-0.39, 0.29) is 16.5 Å². The molecule has 0 saturated carbocycles. The SMILES string of the molecule is CC[C@H](CSc1ccccc1)N(NC)C1([N+](=O)[O-])C=CC=C(S(=O)(=O)NC(=O)c2ccc(-c3ccc(CCCN4CCOCC4)cc3OC)cc2)C1. The fourth-order valence-corrected chi connectivity index (χ4v) is 8.80. The van der Waals surface area contributed by atoms with E-state index in [2.05, 4.69) is 21.1 Å². The number of hydrogen-bond donors (Lipinski definition) is 2. The Labute approximate surface area is 310 Å². The highest BCUT2D eigenvalue weighted by molar-refractivity contribution is 7.99. The average Bonchev–Trinajstić information content (AvgIpc) is 3.17. The Balaban J connectivity index is 1.25. The molecule has 3 aromatic carbocycles. The molecule has 278 valence electrons. The normalized spacial score (nSPS) is 18.5. The lowest BCUT2D eigenvalue weighted by Gasteiger charge is -2.40. The van der Waals surface area contributed by atoms with E-state index in [9.17, 15) is 23.3 Å². The van der Waals surface area contributed by atoms with Crippen molar-refractivity contribution in [3.63, 3.8) is 0 Å². The standard InChI is InChI=1S/C38H47N5O7S2/c1-4-32(28-51-33-11-6-5-7-12-33)42(39-2)38(43(45)46)20-8-13-34(27-38)52(47,48)40-37(44)31-17-15-30(16-18-31)35-19-14-29(26-36(35)49-3)10-9-21-41-22-24-50-25-23-41/h5-8,11-20,26,32,39H,4,9-10,21-25,27-28H2,1-3H3,(H,40,44)/t32-,38?/m1/s1. The van der Waals surface area contributed by atoms with Crippen LogP contribution in [0.15, 0.2) is 101 Å². The summed E-state index contributed by atoms with van der Waals surface area (Å²) in [4.78, 5) is 28.7. The average molecular weight is 750 g/mol. The predicted molar refractivity (Wildman–Crippen MR) is 204 cm³/mol. The van der Waals surface area contributed by atoms with Gasteiger partial charge in [-0.15, -0.1) is 11.8 Å². The number of ether oxygens (including phenoxy) is 2. The Morgan fingerprint density at radius 3 is 2.50 bits per heavy atom. The molecular formula is C38H47N5O7S2. The molecule has 0 aromatic heterocycles. The van der Waals surface area contributed by atoms with Crippen LogP contribution in [-0.2, 0) is 21.2 Å². The lowest BCUT2D eigenvalue weighted by atomic mass is 9.98. The summed E-state index contributed by atoms with van der Waals surface area (Å²) in [5, 5.41) is 14.3. The van der Waals surface area contributed by atoms with Crippen LogP contribution in [0.4, 0.5) is 0 Å². The third kappa shape index (κ3) is 9.48. The number of rotatable bonds is 17. The first kappa shape index (κ1) is 39.2. The molecule has 1 saturated heterocycles. The third-order valence-electron chi connectivity index (χ3n) is 9.42. The van der Waals surface area contributed by atoms with E-state index >= 15 is 0 Å². The fourth-order valence-electron chi connectivity index (χ4n) is 6.53. The molecular weight excluding hydrogens is 703 g/mol. The van der Waals surface area contributed by atoms with Crippen molar-refractivity contribution in [1.82, 2.24) is 20.1 Å². The van der Waals surface area contributed by atoms with Gasteiger partial charge in [-0.05, 0) is 80.4 Å². The molecule has 2 N–H and O–H groups in total. The molecule has 1 aliphatic carbocycles. The first-order valence-electron chi connectivity index (χ1n) is 17.4. The first-order valence-corrected chi connectivity index (χ1v) is 19.9. The maximum absolute atomic E-state index is 13.6. The van der Waals surface area contributed by atoms with Gasteiger partial charge in [-0.1, -0.05) is 55.5 Å². The zero-order chi connectivity index (χ0) is 37.1. The summed E-state index contributed by atoms with van der Waals surface area (Å²) >= 11 is 1.56. The number of benzene rings is 3. The number of sulfonamides is 1. The molecule has 1 amide bonds. The Kier molecular flexibility index (Phi) is 13.7. The van der Waals surface area contributed by atoms with Gasteiger partial charge < -0.3 is 9.47 Å². The molecule has 14 heteroatoms. The molecule has 1 fully saturated rings. The number of allylic oxidation sites excluding steroid dienone is 2. The van der Waals surface area contributed by atoms with Crippen LogP contribution >= 0.6 is 11.8 Å². The molecule has 3 aromatic rings. The third-order valence-corrected chi connectivity index (χ3v) is 12.0. The van der Waals surface area contributed by atoms with Crippen LogP contribution in [0.25, 0.3) is 11.1 Å². The highest BCUT2D eigenvalue weighted by Crippen LogP contribution is 2.35. The van der Waals surface area contributed by atoms with Crippen molar-refractivity contribution in [2.45, 2.75) is 49.2 Å². The van der Waals surface area contributed by atoms with Gasteiger partial charge >= 0.3 is 5.66 Å². The summed E-state index contributed by atoms with van der Waals surface area (Å²) in [5.74, 6) is 0.386. The van der Waals surface area contributed by atoms with E-state index < -0.39 is 32.9 Å². The molecule has 5 rings (SSSR count). The molecule has 0 spiro atoms. The van der Waals surface area contributed by atoms with Crippen molar-refractivity contribution >= 4 is 27.7 Å². The van der Waals surface area contributed by atoms with Gasteiger partial charge in [0.05, 0.1) is 31.6 Å². The summed E-state index contributed by atoms with van der Waals surface area (Å²) < 4.78 is 40.4. The molecule has 1 unspecified atom stereocenters. The second-order valence-electron chi connectivity index (χ2n) is 12.7. The second kappa shape index (κ2) is 18.1. The number of amides is 1. The number of nitrogens with one attached hydrogen (secondary N) is 2. The Hall–Kier alpha value is -4.05. The van der Waals surface area contributed by atoms with Crippen molar-refractivity contribution in [2.24, 2.45) is 0 Å². The lowest BCUT2D eigenvalue weighted by Crippen LogP contribution is -2.63.